The number of imidazole rings is 1. The Bertz CT molecular complexity index is 1120. The van der Waals surface area contributed by atoms with Crippen LogP contribution in [0.5, 0.6) is 0 Å². The van der Waals surface area contributed by atoms with Crippen molar-refractivity contribution in [1.29, 1.82) is 0 Å². The third-order valence-corrected chi connectivity index (χ3v) is 6.65. The summed E-state index contributed by atoms with van der Waals surface area (Å²) in [5.41, 5.74) is 4.84. The number of halogens is 1. The molecule has 3 aromatic rings. The Hall–Kier alpha value is -2.77. The summed E-state index contributed by atoms with van der Waals surface area (Å²) in [6.45, 7) is 5.98. The number of aromatic nitrogens is 2. The van der Waals surface area contributed by atoms with Gasteiger partial charge < -0.3 is 24.2 Å². The molecule has 2 saturated heterocycles. The fourth-order valence-corrected chi connectivity index (χ4v) is 4.74. The lowest BCUT2D eigenvalue weighted by atomic mass is 10.1. The van der Waals surface area contributed by atoms with Crippen LogP contribution in [0.2, 0.25) is 5.02 Å². The van der Waals surface area contributed by atoms with E-state index < -0.39 is 0 Å². The number of β-amino-alcohol motifs (C(OH)–C–C–N with tert-alkyl or cyclic N) is 1. The van der Waals surface area contributed by atoms with Gasteiger partial charge in [-0.2, -0.15) is 0 Å². The number of urea groups is 1. The van der Waals surface area contributed by atoms with Gasteiger partial charge in [-0.3, -0.25) is 0 Å². The zero-order valence-electron chi connectivity index (χ0n) is 17.5. The number of hydrogen-bond donors (Lipinski definition) is 1. The standard InChI is InChI=1S/C23H26ClN5O2/c1-16-22(25-21-4-2-3-8-29(16)21)19-14-17(5-6-20(19)24)26-10-12-27(13-11-26)23(31)28-9-7-18(30)15-28/h2-6,8,14,18,30H,7,9-13,15H2,1H3. The zero-order chi connectivity index (χ0) is 21.5. The van der Waals surface area contributed by atoms with Gasteiger partial charge in [0.2, 0.25) is 0 Å². The van der Waals surface area contributed by atoms with Crippen molar-refractivity contribution in [1.82, 2.24) is 19.2 Å². The van der Waals surface area contributed by atoms with Gasteiger partial charge in [-0.15, -0.1) is 0 Å². The number of likely N-dealkylation sites (tertiary alicyclic amines) is 1. The minimum Gasteiger partial charge on any atom is -0.391 e. The number of aryl methyl sites for hydroxylation is 1. The van der Waals surface area contributed by atoms with Crippen molar-refractivity contribution in [2.45, 2.75) is 19.4 Å². The van der Waals surface area contributed by atoms with Crippen molar-refractivity contribution in [2.24, 2.45) is 0 Å². The van der Waals surface area contributed by atoms with Crippen molar-refractivity contribution in [3.8, 4) is 11.3 Å². The molecule has 2 aliphatic rings. The van der Waals surface area contributed by atoms with Gasteiger partial charge in [0.25, 0.3) is 0 Å². The number of anilines is 1. The zero-order valence-corrected chi connectivity index (χ0v) is 18.3. The summed E-state index contributed by atoms with van der Waals surface area (Å²) >= 11 is 6.57. The average Bonchev–Trinajstić information content (AvgIpc) is 3.37. The van der Waals surface area contributed by atoms with Crippen molar-refractivity contribution in [3.05, 3.63) is 53.3 Å². The van der Waals surface area contributed by atoms with E-state index in [9.17, 15) is 9.90 Å². The molecular formula is C23H26ClN5O2. The number of carbonyl (C=O) groups excluding carboxylic acids is 1. The Morgan fingerprint density at radius 1 is 1.10 bits per heavy atom. The van der Waals surface area contributed by atoms with Gasteiger partial charge in [0.1, 0.15) is 5.65 Å². The molecule has 2 aliphatic heterocycles. The molecular weight excluding hydrogens is 414 g/mol. The highest BCUT2D eigenvalue weighted by Crippen LogP contribution is 2.34. The highest BCUT2D eigenvalue weighted by Gasteiger charge is 2.30. The first-order valence-corrected chi connectivity index (χ1v) is 11.1. The maximum Gasteiger partial charge on any atom is 0.320 e. The molecule has 0 saturated carbocycles. The molecule has 7 nitrogen and oxygen atoms in total. The Balaban J connectivity index is 1.34. The molecule has 5 rings (SSSR count). The number of aliphatic hydroxyl groups excluding tert-OH is 1. The second kappa shape index (κ2) is 8.05. The van der Waals surface area contributed by atoms with E-state index in [2.05, 4.69) is 22.3 Å². The summed E-state index contributed by atoms with van der Waals surface area (Å²) in [6.07, 6.45) is 2.29. The Morgan fingerprint density at radius 2 is 1.90 bits per heavy atom. The van der Waals surface area contributed by atoms with E-state index in [1.54, 1.807) is 4.90 Å². The van der Waals surface area contributed by atoms with Gasteiger partial charge in [0, 0.05) is 62.4 Å². The van der Waals surface area contributed by atoms with Gasteiger partial charge >= 0.3 is 6.03 Å². The van der Waals surface area contributed by atoms with Crippen molar-refractivity contribution in [3.63, 3.8) is 0 Å². The topological polar surface area (TPSA) is 64.3 Å². The molecule has 31 heavy (non-hydrogen) atoms. The van der Waals surface area contributed by atoms with E-state index >= 15 is 0 Å². The minimum atomic E-state index is -0.388. The van der Waals surface area contributed by atoms with Crippen LogP contribution in [0.1, 0.15) is 12.1 Å². The van der Waals surface area contributed by atoms with Gasteiger partial charge in [0.15, 0.2) is 0 Å². The van der Waals surface area contributed by atoms with Crippen molar-refractivity contribution < 1.29 is 9.90 Å². The molecule has 162 valence electrons. The number of rotatable bonds is 2. The van der Waals surface area contributed by atoms with Crippen LogP contribution in [0.3, 0.4) is 0 Å². The van der Waals surface area contributed by atoms with Crippen LogP contribution < -0.4 is 4.90 Å². The Kier molecular flexibility index (Phi) is 5.24. The van der Waals surface area contributed by atoms with E-state index in [0.717, 1.165) is 41.4 Å². The molecule has 0 spiro atoms. The first-order chi connectivity index (χ1) is 15.0. The third-order valence-electron chi connectivity index (χ3n) is 6.32. The van der Waals surface area contributed by atoms with Crippen molar-refractivity contribution in [2.75, 3.05) is 44.2 Å². The van der Waals surface area contributed by atoms with Crippen LogP contribution in [-0.2, 0) is 0 Å². The SMILES string of the molecule is Cc1c(-c2cc(N3CCN(C(=O)N4CCC(O)C4)CC3)ccc2Cl)nc2ccccn12. The van der Waals surface area contributed by atoms with Gasteiger partial charge in [-0.1, -0.05) is 17.7 Å². The highest BCUT2D eigenvalue weighted by molar-refractivity contribution is 6.33. The summed E-state index contributed by atoms with van der Waals surface area (Å²) in [5, 5.41) is 10.4. The lowest BCUT2D eigenvalue weighted by molar-refractivity contribution is 0.144. The largest absolute Gasteiger partial charge is 0.391 e. The second-order valence-corrected chi connectivity index (χ2v) is 8.69. The number of nitrogens with zero attached hydrogens (tertiary/aromatic N) is 5. The van der Waals surface area contributed by atoms with Gasteiger partial charge in [-0.05, 0) is 43.7 Å². The van der Waals surface area contributed by atoms with Crippen LogP contribution in [0.4, 0.5) is 10.5 Å². The number of piperazine rings is 1. The van der Waals surface area contributed by atoms with Gasteiger partial charge in [-0.25, -0.2) is 9.78 Å². The Morgan fingerprint density at radius 3 is 2.61 bits per heavy atom. The van der Waals surface area contributed by atoms with Crippen LogP contribution in [0.15, 0.2) is 42.6 Å². The van der Waals surface area contributed by atoms with E-state index in [-0.39, 0.29) is 12.1 Å². The lowest BCUT2D eigenvalue weighted by Gasteiger charge is -2.37. The first-order valence-electron chi connectivity index (χ1n) is 10.7. The van der Waals surface area contributed by atoms with Crippen molar-refractivity contribution >= 4 is 29.0 Å². The first kappa shape index (κ1) is 20.2. The smallest absolute Gasteiger partial charge is 0.320 e. The summed E-state index contributed by atoms with van der Waals surface area (Å²) < 4.78 is 2.07. The van der Waals surface area contributed by atoms with E-state index in [0.29, 0.717) is 37.6 Å². The molecule has 1 unspecified atom stereocenters. The third kappa shape index (κ3) is 3.72. The highest BCUT2D eigenvalue weighted by atomic mass is 35.5. The fourth-order valence-electron chi connectivity index (χ4n) is 4.54. The van der Waals surface area contributed by atoms with Crippen LogP contribution in [0, 0.1) is 6.92 Å². The molecule has 0 aliphatic carbocycles. The number of aliphatic hydroxyl groups is 1. The van der Waals surface area contributed by atoms with Crippen LogP contribution in [-0.4, -0.2) is 75.7 Å². The Labute approximate surface area is 186 Å². The number of fused-ring (bicyclic) bond motifs is 1. The average molecular weight is 440 g/mol. The maximum absolute atomic E-state index is 12.7. The molecule has 2 amide bonds. The molecule has 4 heterocycles. The summed E-state index contributed by atoms with van der Waals surface area (Å²) in [7, 11) is 0. The quantitative estimate of drug-likeness (QED) is 0.665. The molecule has 2 aromatic heterocycles. The fraction of sp³-hybridized carbons (Fsp3) is 0.391. The molecule has 8 heteroatoms. The van der Waals surface area contributed by atoms with E-state index in [4.69, 9.17) is 16.6 Å². The van der Waals surface area contributed by atoms with Crippen LogP contribution in [0.25, 0.3) is 16.9 Å². The summed E-state index contributed by atoms with van der Waals surface area (Å²) in [6, 6.07) is 12.1. The number of hydrogen-bond acceptors (Lipinski definition) is 4. The molecule has 0 bridgehead atoms. The second-order valence-electron chi connectivity index (χ2n) is 8.28. The number of carbonyl (C=O) groups is 1. The van der Waals surface area contributed by atoms with E-state index in [1.807, 2.05) is 41.4 Å². The predicted molar refractivity (Wildman–Crippen MR) is 122 cm³/mol. The normalized spacial score (nSPS) is 19.5. The summed E-state index contributed by atoms with van der Waals surface area (Å²) in [4.78, 5) is 23.4. The number of benzene rings is 1. The van der Waals surface area contributed by atoms with E-state index in [1.165, 1.54) is 0 Å². The predicted octanol–water partition coefficient (Wildman–Crippen LogP) is 3.27. The molecule has 2 fully saturated rings. The lowest BCUT2D eigenvalue weighted by Crippen LogP contribution is -2.52. The molecule has 1 N–H and O–H groups in total. The number of amides is 2. The molecule has 0 radical (unpaired) electrons. The monoisotopic (exact) mass is 439 g/mol. The number of pyridine rings is 1. The van der Waals surface area contributed by atoms with Crippen LogP contribution >= 0.6 is 11.6 Å². The molecule has 1 atom stereocenters. The maximum atomic E-state index is 12.7. The summed E-state index contributed by atoms with van der Waals surface area (Å²) in [5.74, 6) is 0. The molecule has 1 aromatic carbocycles. The van der Waals surface area contributed by atoms with Gasteiger partial charge in [0.05, 0.1) is 16.8 Å². The minimum absolute atomic E-state index is 0.0355.